The van der Waals surface area contributed by atoms with E-state index in [1.807, 2.05) is 12.1 Å². The Morgan fingerprint density at radius 3 is 2.89 bits per heavy atom. The van der Waals surface area contributed by atoms with Crippen LogP contribution in [0.3, 0.4) is 0 Å². The topological polar surface area (TPSA) is 29.5 Å². The first-order chi connectivity index (χ1) is 8.81. The van der Waals surface area contributed by atoms with Gasteiger partial charge in [0.1, 0.15) is 5.75 Å². The van der Waals surface area contributed by atoms with Crippen molar-refractivity contribution in [2.75, 3.05) is 6.61 Å². The van der Waals surface area contributed by atoms with Crippen molar-refractivity contribution < 1.29 is 9.84 Å². The smallest absolute Gasteiger partial charge is 0.119 e. The maximum Gasteiger partial charge on any atom is 0.119 e. The standard InChI is InChI=1S/C16H24O2/c1-2-3-11-18-14-8-6-7-13(12-14)15-9-4-5-10-16(15)17/h6-8,12,15-17H,2-5,9-11H2,1H3. The van der Waals surface area contributed by atoms with Crippen LogP contribution in [0.15, 0.2) is 24.3 Å². The molecule has 1 aromatic rings. The van der Waals surface area contributed by atoms with Crippen LogP contribution in [0.2, 0.25) is 0 Å². The maximum absolute atomic E-state index is 10.1. The second-order valence-electron chi connectivity index (χ2n) is 5.23. The second kappa shape index (κ2) is 6.79. The van der Waals surface area contributed by atoms with Gasteiger partial charge in [0.2, 0.25) is 0 Å². The molecule has 18 heavy (non-hydrogen) atoms. The Balaban J connectivity index is 2.01. The van der Waals surface area contributed by atoms with Crippen LogP contribution in [0, 0.1) is 0 Å². The molecule has 2 rings (SSSR count). The molecule has 0 spiro atoms. The second-order valence-corrected chi connectivity index (χ2v) is 5.23. The minimum atomic E-state index is -0.176. The van der Waals surface area contributed by atoms with E-state index in [1.54, 1.807) is 0 Å². The van der Waals surface area contributed by atoms with Crippen LogP contribution < -0.4 is 4.74 Å². The Hall–Kier alpha value is -1.02. The maximum atomic E-state index is 10.1. The van der Waals surface area contributed by atoms with Crippen molar-refractivity contribution in [3.05, 3.63) is 29.8 Å². The first-order valence-electron chi connectivity index (χ1n) is 7.22. The summed E-state index contributed by atoms with van der Waals surface area (Å²) in [6.07, 6.45) is 6.49. The Kier molecular flexibility index (Phi) is 5.06. The van der Waals surface area contributed by atoms with E-state index >= 15 is 0 Å². The first kappa shape index (κ1) is 13.4. The molecule has 2 unspecified atom stereocenters. The molecule has 0 saturated heterocycles. The predicted octanol–water partition coefficient (Wildman–Crippen LogP) is 3.88. The fraction of sp³-hybridized carbons (Fsp3) is 0.625. The summed E-state index contributed by atoms with van der Waals surface area (Å²) >= 11 is 0. The molecule has 0 radical (unpaired) electrons. The van der Waals surface area contributed by atoms with Gasteiger partial charge in [-0.25, -0.2) is 0 Å². The van der Waals surface area contributed by atoms with Gasteiger partial charge in [-0.15, -0.1) is 0 Å². The molecule has 1 aromatic carbocycles. The molecule has 1 saturated carbocycles. The fourth-order valence-corrected chi connectivity index (χ4v) is 2.67. The fourth-order valence-electron chi connectivity index (χ4n) is 2.67. The van der Waals surface area contributed by atoms with Crippen molar-refractivity contribution in [1.82, 2.24) is 0 Å². The van der Waals surface area contributed by atoms with Gasteiger partial charge in [0.25, 0.3) is 0 Å². The highest BCUT2D eigenvalue weighted by atomic mass is 16.5. The van der Waals surface area contributed by atoms with Gasteiger partial charge in [0, 0.05) is 5.92 Å². The average Bonchev–Trinajstić information content (AvgIpc) is 2.40. The van der Waals surface area contributed by atoms with E-state index in [-0.39, 0.29) is 6.10 Å². The van der Waals surface area contributed by atoms with Gasteiger partial charge in [-0.3, -0.25) is 0 Å². The van der Waals surface area contributed by atoms with Crippen molar-refractivity contribution in [2.24, 2.45) is 0 Å². The number of unbranched alkanes of at least 4 members (excludes halogenated alkanes) is 1. The lowest BCUT2D eigenvalue weighted by Gasteiger charge is -2.28. The molecular weight excluding hydrogens is 224 g/mol. The molecule has 1 aliphatic carbocycles. The minimum absolute atomic E-state index is 0.176. The van der Waals surface area contributed by atoms with Crippen molar-refractivity contribution >= 4 is 0 Å². The summed E-state index contributed by atoms with van der Waals surface area (Å²) in [6, 6.07) is 8.27. The molecule has 1 N–H and O–H groups in total. The molecule has 0 bridgehead atoms. The lowest BCUT2D eigenvalue weighted by atomic mass is 9.82. The van der Waals surface area contributed by atoms with E-state index in [4.69, 9.17) is 4.74 Å². The summed E-state index contributed by atoms with van der Waals surface area (Å²) in [5.41, 5.74) is 1.23. The largest absolute Gasteiger partial charge is 0.494 e. The van der Waals surface area contributed by atoms with Crippen LogP contribution in [0.4, 0.5) is 0 Å². The molecule has 1 fully saturated rings. The average molecular weight is 248 g/mol. The van der Waals surface area contributed by atoms with Gasteiger partial charge in [0.05, 0.1) is 12.7 Å². The highest BCUT2D eigenvalue weighted by Crippen LogP contribution is 2.34. The summed E-state index contributed by atoms with van der Waals surface area (Å²) in [7, 11) is 0. The van der Waals surface area contributed by atoms with Crippen molar-refractivity contribution in [1.29, 1.82) is 0 Å². The van der Waals surface area contributed by atoms with Crippen molar-refractivity contribution in [3.8, 4) is 5.75 Å². The Bertz CT molecular complexity index is 362. The van der Waals surface area contributed by atoms with Gasteiger partial charge in [-0.05, 0) is 37.0 Å². The molecule has 1 aliphatic rings. The van der Waals surface area contributed by atoms with Crippen LogP contribution in [-0.4, -0.2) is 17.8 Å². The first-order valence-corrected chi connectivity index (χ1v) is 7.22. The SMILES string of the molecule is CCCCOc1cccc(C2CCCCC2O)c1. The van der Waals surface area contributed by atoms with Crippen LogP contribution in [-0.2, 0) is 0 Å². The monoisotopic (exact) mass is 248 g/mol. The van der Waals surface area contributed by atoms with Gasteiger partial charge < -0.3 is 9.84 Å². The zero-order chi connectivity index (χ0) is 12.8. The van der Waals surface area contributed by atoms with Crippen LogP contribution >= 0.6 is 0 Å². The molecule has 100 valence electrons. The molecule has 2 atom stereocenters. The summed E-state index contributed by atoms with van der Waals surface area (Å²) in [6.45, 7) is 2.95. The quantitative estimate of drug-likeness (QED) is 0.801. The molecule has 0 aliphatic heterocycles. The van der Waals surface area contributed by atoms with Crippen LogP contribution in [0.25, 0.3) is 0 Å². The van der Waals surface area contributed by atoms with E-state index in [2.05, 4.69) is 19.1 Å². The molecule has 0 amide bonds. The molecule has 0 aromatic heterocycles. The van der Waals surface area contributed by atoms with Gasteiger partial charge in [-0.2, -0.15) is 0 Å². The predicted molar refractivity (Wildman–Crippen MR) is 74.1 cm³/mol. The zero-order valence-corrected chi connectivity index (χ0v) is 11.3. The van der Waals surface area contributed by atoms with E-state index in [9.17, 15) is 5.11 Å². The number of hydrogen-bond donors (Lipinski definition) is 1. The number of rotatable bonds is 5. The highest BCUT2D eigenvalue weighted by molar-refractivity contribution is 5.31. The van der Waals surface area contributed by atoms with E-state index in [1.165, 1.54) is 12.0 Å². The number of benzene rings is 1. The number of aliphatic hydroxyl groups is 1. The summed E-state index contributed by atoms with van der Waals surface area (Å²) in [4.78, 5) is 0. The number of aliphatic hydroxyl groups excluding tert-OH is 1. The van der Waals surface area contributed by atoms with Gasteiger partial charge in [-0.1, -0.05) is 38.3 Å². The minimum Gasteiger partial charge on any atom is -0.494 e. The van der Waals surface area contributed by atoms with Crippen LogP contribution in [0.1, 0.15) is 56.9 Å². The van der Waals surface area contributed by atoms with E-state index in [0.717, 1.165) is 44.5 Å². The number of hydrogen-bond acceptors (Lipinski definition) is 2. The zero-order valence-electron chi connectivity index (χ0n) is 11.3. The highest BCUT2D eigenvalue weighted by Gasteiger charge is 2.24. The Morgan fingerprint density at radius 2 is 2.11 bits per heavy atom. The third-order valence-electron chi connectivity index (χ3n) is 3.78. The third-order valence-corrected chi connectivity index (χ3v) is 3.78. The summed E-state index contributed by atoms with van der Waals surface area (Å²) < 4.78 is 5.73. The Labute approximate surface area is 110 Å². The van der Waals surface area contributed by atoms with Crippen molar-refractivity contribution in [2.45, 2.75) is 57.5 Å². The molecule has 2 heteroatoms. The Morgan fingerprint density at radius 1 is 1.28 bits per heavy atom. The number of ether oxygens (including phenoxy) is 1. The summed E-state index contributed by atoms with van der Waals surface area (Å²) in [5, 5.41) is 10.1. The van der Waals surface area contributed by atoms with Gasteiger partial charge in [0.15, 0.2) is 0 Å². The molecule has 0 heterocycles. The molecular formula is C16H24O2. The normalized spacial score (nSPS) is 23.9. The van der Waals surface area contributed by atoms with Gasteiger partial charge >= 0.3 is 0 Å². The van der Waals surface area contributed by atoms with E-state index < -0.39 is 0 Å². The third kappa shape index (κ3) is 3.49. The lowest BCUT2D eigenvalue weighted by Crippen LogP contribution is -2.22. The van der Waals surface area contributed by atoms with Crippen LogP contribution in [0.5, 0.6) is 5.75 Å². The molecule has 2 nitrogen and oxygen atoms in total. The van der Waals surface area contributed by atoms with Crippen molar-refractivity contribution in [3.63, 3.8) is 0 Å². The lowest BCUT2D eigenvalue weighted by molar-refractivity contribution is 0.106. The summed E-state index contributed by atoms with van der Waals surface area (Å²) in [5.74, 6) is 1.24. The van der Waals surface area contributed by atoms with E-state index in [0.29, 0.717) is 5.92 Å².